The summed E-state index contributed by atoms with van der Waals surface area (Å²) in [6.45, 7) is 0. The van der Waals surface area contributed by atoms with Crippen LogP contribution in [0.4, 0.5) is 0 Å². The molecular formula is H6K3O3P. The average molecular weight is 202 g/mol. The van der Waals surface area contributed by atoms with Crippen LogP contribution in [0.2, 0.25) is 0 Å². The van der Waals surface area contributed by atoms with Gasteiger partial charge in [-0.3, -0.25) is 0 Å². The molecule has 0 unspecified atom stereocenters. The van der Waals surface area contributed by atoms with Crippen molar-refractivity contribution in [2.24, 2.45) is 0 Å². The standard InChI is InChI=1S/3K.H3O3P.3H/c;;;1-4(2)3;;;/h;;;1-3H;;;. The van der Waals surface area contributed by atoms with Crippen molar-refractivity contribution in [3.63, 3.8) is 0 Å². The molecule has 0 atom stereocenters. The van der Waals surface area contributed by atoms with Gasteiger partial charge in [0.2, 0.25) is 0 Å². The Morgan fingerprint density at radius 2 is 0.714 bits per heavy atom. The molecule has 0 saturated carbocycles. The summed E-state index contributed by atoms with van der Waals surface area (Å²) in [5.41, 5.74) is 0. The summed E-state index contributed by atoms with van der Waals surface area (Å²) >= 11 is 0. The summed E-state index contributed by atoms with van der Waals surface area (Å²) < 4.78 is 0. The quantitative estimate of drug-likeness (QED) is 0.295. The number of hydrogen-bond acceptors (Lipinski definition) is 3. The van der Waals surface area contributed by atoms with Crippen LogP contribution in [0.3, 0.4) is 0 Å². The van der Waals surface area contributed by atoms with Gasteiger partial charge in [-0.25, -0.2) is 0 Å². The Kier molecular flexibility index (Phi) is 56.4. The third-order valence-electron chi connectivity index (χ3n) is 0. The van der Waals surface area contributed by atoms with Crippen LogP contribution in [0, 0.1) is 0 Å². The monoisotopic (exact) mass is 202 g/mol. The first-order chi connectivity index (χ1) is 1.73. The van der Waals surface area contributed by atoms with Crippen molar-refractivity contribution >= 4 is 163 Å². The molecule has 7 heavy (non-hydrogen) atoms. The topological polar surface area (TPSA) is 60.7 Å². The van der Waals surface area contributed by atoms with Gasteiger partial charge in [0.1, 0.15) is 0 Å². The fraction of sp³-hybridized carbons (Fsp3) is 0. The molecule has 0 spiro atoms. The molecule has 0 radical (unpaired) electrons. The van der Waals surface area contributed by atoms with Gasteiger partial charge in [-0.2, -0.15) is 0 Å². The van der Waals surface area contributed by atoms with E-state index < -0.39 is 8.60 Å². The third kappa shape index (κ3) is 35.0. The Labute approximate surface area is 171 Å². The zero-order valence-electron chi connectivity index (χ0n) is 1.79. The van der Waals surface area contributed by atoms with Gasteiger partial charge in [-0.05, 0) is 0 Å². The van der Waals surface area contributed by atoms with Gasteiger partial charge >= 0.3 is 163 Å². The average Bonchev–Trinajstić information content (AvgIpc) is 0.811. The molecule has 0 aliphatic heterocycles. The SMILES string of the molecule is OP(O)O.[KH].[KH].[KH]. The van der Waals surface area contributed by atoms with Crippen LogP contribution in [0.5, 0.6) is 0 Å². The second kappa shape index (κ2) is 17.3. The molecule has 0 bridgehead atoms. The second-order valence-corrected chi connectivity index (χ2v) is 0.805. The van der Waals surface area contributed by atoms with Crippen LogP contribution < -0.4 is 0 Å². The van der Waals surface area contributed by atoms with E-state index in [0.717, 1.165) is 0 Å². The maximum atomic E-state index is 7.23. The van der Waals surface area contributed by atoms with E-state index >= 15 is 0 Å². The van der Waals surface area contributed by atoms with Crippen molar-refractivity contribution < 1.29 is 14.7 Å². The van der Waals surface area contributed by atoms with Crippen molar-refractivity contribution in [3.05, 3.63) is 0 Å². The minimum absolute atomic E-state index is 0. The zero-order valence-corrected chi connectivity index (χ0v) is 2.68. The van der Waals surface area contributed by atoms with E-state index in [9.17, 15) is 0 Å². The van der Waals surface area contributed by atoms with E-state index in [2.05, 4.69) is 0 Å². The maximum absolute atomic E-state index is 7.23. The van der Waals surface area contributed by atoms with E-state index in [1.54, 1.807) is 0 Å². The van der Waals surface area contributed by atoms with Gasteiger partial charge in [0.25, 0.3) is 0 Å². The molecule has 0 rings (SSSR count). The molecule has 0 amide bonds. The summed E-state index contributed by atoms with van der Waals surface area (Å²) in [6.07, 6.45) is 0. The molecule has 0 aliphatic rings. The van der Waals surface area contributed by atoms with Gasteiger partial charge in [0.15, 0.2) is 0 Å². The first kappa shape index (κ1) is 22.8. The molecule has 0 aliphatic carbocycles. The van der Waals surface area contributed by atoms with Crippen LogP contribution in [0.15, 0.2) is 0 Å². The molecule has 3 nitrogen and oxygen atoms in total. The molecule has 0 aromatic carbocycles. The van der Waals surface area contributed by atoms with Crippen LogP contribution in [-0.4, -0.2) is 169 Å². The normalized spacial score (nSPS) is 5.14. The van der Waals surface area contributed by atoms with E-state index in [1.165, 1.54) is 0 Å². The summed E-state index contributed by atoms with van der Waals surface area (Å²) in [4.78, 5) is 21.7. The van der Waals surface area contributed by atoms with Crippen LogP contribution >= 0.6 is 8.60 Å². The fourth-order valence-corrected chi connectivity index (χ4v) is 0. The zero-order chi connectivity index (χ0) is 3.58. The number of hydrogen-bond donors (Lipinski definition) is 3. The van der Waals surface area contributed by atoms with Gasteiger partial charge in [0, 0.05) is 0 Å². The van der Waals surface area contributed by atoms with E-state index in [1.807, 2.05) is 0 Å². The van der Waals surface area contributed by atoms with Crippen molar-refractivity contribution in [1.82, 2.24) is 0 Å². The van der Waals surface area contributed by atoms with E-state index in [0.29, 0.717) is 0 Å². The third-order valence-corrected chi connectivity index (χ3v) is 0. The Morgan fingerprint density at radius 3 is 0.714 bits per heavy atom. The Bertz CT molecular complexity index is 14.9. The van der Waals surface area contributed by atoms with Gasteiger partial charge in [-0.1, -0.05) is 0 Å². The van der Waals surface area contributed by atoms with Crippen LogP contribution in [0.1, 0.15) is 0 Å². The fourth-order valence-electron chi connectivity index (χ4n) is 0. The minimum atomic E-state index is -2.62. The first-order valence-electron chi connectivity index (χ1n) is 0.600. The Hall–Kier alpha value is 5.22. The van der Waals surface area contributed by atoms with E-state index in [4.69, 9.17) is 14.7 Å². The molecule has 0 heterocycles. The van der Waals surface area contributed by atoms with Crippen molar-refractivity contribution in [2.75, 3.05) is 0 Å². The Morgan fingerprint density at radius 1 is 0.714 bits per heavy atom. The predicted octanol–water partition coefficient (Wildman–Crippen LogP) is -2.76. The molecule has 32 valence electrons. The first-order valence-corrected chi connectivity index (χ1v) is 1.80. The summed E-state index contributed by atoms with van der Waals surface area (Å²) in [6, 6.07) is 0. The molecule has 0 aromatic heterocycles. The number of rotatable bonds is 0. The van der Waals surface area contributed by atoms with Gasteiger partial charge in [-0.15, -0.1) is 0 Å². The van der Waals surface area contributed by atoms with Gasteiger partial charge in [0.05, 0.1) is 0 Å². The molecular weight excluding hydrogens is 196 g/mol. The van der Waals surface area contributed by atoms with Crippen molar-refractivity contribution in [2.45, 2.75) is 0 Å². The molecule has 3 N–H and O–H groups in total. The molecule has 7 heteroatoms. The Balaban J connectivity index is -0.0000000150. The van der Waals surface area contributed by atoms with Crippen molar-refractivity contribution in [1.29, 1.82) is 0 Å². The second-order valence-electron chi connectivity index (χ2n) is 0.268. The van der Waals surface area contributed by atoms with Crippen LogP contribution in [-0.2, 0) is 0 Å². The molecule has 0 fully saturated rings. The van der Waals surface area contributed by atoms with E-state index in [-0.39, 0.29) is 154 Å². The summed E-state index contributed by atoms with van der Waals surface area (Å²) in [7, 11) is -2.62. The van der Waals surface area contributed by atoms with Gasteiger partial charge < -0.3 is 14.7 Å². The molecule has 0 aromatic rings. The van der Waals surface area contributed by atoms with Crippen molar-refractivity contribution in [3.8, 4) is 0 Å². The summed E-state index contributed by atoms with van der Waals surface area (Å²) in [5, 5.41) is 0. The molecule has 0 saturated heterocycles. The predicted molar refractivity (Wildman–Crippen MR) is 35.0 cm³/mol. The van der Waals surface area contributed by atoms with Crippen LogP contribution in [0.25, 0.3) is 0 Å². The summed E-state index contributed by atoms with van der Waals surface area (Å²) in [5.74, 6) is 0.